The van der Waals surface area contributed by atoms with Crippen molar-refractivity contribution in [3.8, 4) is 0 Å². The van der Waals surface area contributed by atoms with E-state index in [-0.39, 0.29) is 11.9 Å². The van der Waals surface area contributed by atoms with Crippen molar-refractivity contribution in [1.29, 1.82) is 0 Å². The van der Waals surface area contributed by atoms with Crippen molar-refractivity contribution < 1.29 is 4.79 Å². The minimum absolute atomic E-state index is 0.0339. The predicted molar refractivity (Wildman–Crippen MR) is 69.0 cm³/mol. The lowest BCUT2D eigenvalue weighted by Gasteiger charge is -2.18. The average molecular weight is 285 g/mol. The largest absolute Gasteiger partial charge is 0.348 e. The Hall–Kier alpha value is -0.870. The molecule has 0 radical (unpaired) electrons. The molecule has 0 aromatic heterocycles. The second kappa shape index (κ2) is 6.01. The van der Waals surface area contributed by atoms with Gasteiger partial charge in [0.2, 0.25) is 5.91 Å². The van der Waals surface area contributed by atoms with Crippen LogP contribution in [0.25, 0.3) is 0 Å². The van der Waals surface area contributed by atoms with E-state index in [4.69, 9.17) is 5.73 Å². The van der Waals surface area contributed by atoms with Gasteiger partial charge in [-0.05, 0) is 31.0 Å². The minimum Gasteiger partial charge on any atom is -0.348 e. The monoisotopic (exact) mass is 284 g/mol. The third-order valence-electron chi connectivity index (χ3n) is 2.41. The molecule has 3 N–H and O–H groups in total. The molecular weight excluding hydrogens is 268 g/mol. The Bertz CT molecular complexity index is 349. The molecule has 1 amide bonds. The highest BCUT2D eigenvalue weighted by molar-refractivity contribution is 9.10. The van der Waals surface area contributed by atoms with Gasteiger partial charge in [0.15, 0.2) is 0 Å². The summed E-state index contributed by atoms with van der Waals surface area (Å²) in [6, 6.07) is 7.50. The van der Waals surface area contributed by atoms with Gasteiger partial charge < -0.3 is 11.1 Å². The maximum atomic E-state index is 11.5. The number of nitrogens with two attached hydrogens (primary N) is 1. The van der Waals surface area contributed by atoms with E-state index in [2.05, 4.69) is 21.2 Å². The van der Waals surface area contributed by atoms with Crippen molar-refractivity contribution in [3.63, 3.8) is 0 Å². The summed E-state index contributed by atoms with van der Waals surface area (Å²) >= 11 is 3.38. The number of benzene rings is 1. The summed E-state index contributed by atoms with van der Waals surface area (Å²) in [5, 5.41) is 2.92. The Kier molecular flexibility index (Phi) is 4.96. The Balaban J connectivity index is 2.74. The van der Waals surface area contributed by atoms with E-state index in [0.29, 0.717) is 0 Å². The zero-order chi connectivity index (χ0) is 12.1. The van der Waals surface area contributed by atoms with Crippen LogP contribution < -0.4 is 11.1 Å². The summed E-state index contributed by atoms with van der Waals surface area (Å²) in [4.78, 5) is 11.5. The van der Waals surface area contributed by atoms with Crippen molar-refractivity contribution in [3.05, 3.63) is 34.3 Å². The molecule has 4 heteroatoms. The van der Waals surface area contributed by atoms with Gasteiger partial charge in [-0.25, -0.2) is 0 Å². The molecule has 1 rings (SSSR count). The number of rotatable bonds is 4. The van der Waals surface area contributed by atoms with Crippen LogP contribution in [0.5, 0.6) is 0 Å². The van der Waals surface area contributed by atoms with E-state index in [0.717, 1.165) is 16.5 Å². The first-order chi connectivity index (χ1) is 7.54. The first-order valence-corrected chi connectivity index (χ1v) is 6.15. The molecule has 0 fully saturated rings. The lowest BCUT2D eigenvalue weighted by Crippen LogP contribution is -2.40. The predicted octanol–water partition coefficient (Wildman–Crippen LogP) is 2.36. The summed E-state index contributed by atoms with van der Waals surface area (Å²) in [6.07, 6.45) is 0.847. The van der Waals surface area contributed by atoms with Gasteiger partial charge in [0.05, 0.1) is 12.1 Å². The molecule has 0 saturated heterocycles. The van der Waals surface area contributed by atoms with Gasteiger partial charge in [0, 0.05) is 4.47 Å². The average Bonchev–Trinajstić information content (AvgIpc) is 2.26. The highest BCUT2D eigenvalue weighted by Crippen LogP contribution is 2.19. The Labute approximate surface area is 105 Å². The molecular formula is C12H17BrN2O. The van der Waals surface area contributed by atoms with Crippen molar-refractivity contribution in [2.24, 2.45) is 5.73 Å². The number of amides is 1. The summed E-state index contributed by atoms with van der Waals surface area (Å²) in [5.41, 5.74) is 6.62. The fourth-order valence-corrected chi connectivity index (χ4v) is 1.68. The van der Waals surface area contributed by atoms with E-state index < -0.39 is 6.04 Å². The summed E-state index contributed by atoms with van der Waals surface area (Å²) in [7, 11) is 0. The number of carbonyl (C=O) groups is 1. The van der Waals surface area contributed by atoms with E-state index >= 15 is 0 Å². The van der Waals surface area contributed by atoms with Crippen LogP contribution in [0.15, 0.2) is 28.7 Å². The van der Waals surface area contributed by atoms with Crippen molar-refractivity contribution >= 4 is 21.8 Å². The zero-order valence-electron chi connectivity index (χ0n) is 9.53. The quantitative estimate of drug-likeness (QED) is 0.892. The van der Waals surface area contributed by atoms with Crippen LogP contribution >= 0.6 is 15.9 Å². The molecule has 0 aliphatic carbocycles. The standard InChI is InChI=1S/C12H17BrN2O/c1-3-11(15-12(16)8(2)14)9-4-6-10(13)7-5-9/h4-8,11H,3,14H2,1-2H3,(H,15,16)/t8-,11?/m0/s1. The molecule has 16 heavy (non-hydrogen) atoms. The molecule has 2 atom stereocenters. The maximum Gasteiger partial charge on any atom is 0.237 e. The highest BCUT2D eigenvalue weighted by Gasteiger charge is 2.14. The SMILES string of the molecule is CCC(NC(=O)[C@H](C)N)c1ccc(Br)cc1. The minimum atomic E-state index is -0.468. The van der Waals surface area contributed by atoms with Crippen LogP contribution in [0.2, 0.25) is 0 Å². The fraction of sp³-hybridized carbons (Fsp3) is 0.417. The lowest BCUT2D eigenvalue weighted by molar-refractivity contribution is -0.122. The van der Waals surface area contributed by atoms with Crippen LogP contribution in [0.1, 0.15) is 31.9 Å². The van der Waals surface area contributed by atoms with Gasteiger partial charge in [0.1, 0.15) is 0 Å². The molecule has 0 aliphatic rings. The smallest absolute Gasteiger partial charge is 0.237 e. The van der Waals surface area contributed by atoms with Gasteiger partial charge in [-0.3, -0.25) is 4.79 Å². The van der Waals surface area contributed by atoms with E-state index in [1.807, 2.05) is 31.2 Å². The molecule has 0 spiro atoms. The zero-order valence-corrected chi connectivity index (χ0v) is 11.1. The van der Waals surface area contributed by atoms with Crippen LogP contribution in [-0.2, 0) is 4.79 Å². The Morgan fingerprint density at radius 3 is 2.44 bits per heavy atom. The number of nitrogens with one attached hydrogen (secondary N) is 1. The lowest BCUT2D eigenvalue weighted by atomic mass is 10.0. The third-order valence-corrected chi connectivity index (χ3v) is 2.94. The Morgan fingerprint density at radius 1 is 1.44 bits per heavy atom. The number of hydrogen-bond donors (Lipinski definition) is 2. The number of halogens is 1. The van der Waals surface area contributed by atoms with E-state index in [1.165, 1.54) is 0 Å². The summed E-state index contributed by atoms with van der Waals surface area (Å²) in [6.45, 7) is 3.72. The van der Waals surface area contributed by atoms with Crippen LogP contribution in [-0.4, -0.2) is 11.9 Å². The molecule has 0 saturated carbocycles. The first-order valence-electron chi connectivity index (χ1n) is 5.36. The first kappa shape index (κ1) is 13.2. The second-order valence-electron chi connectivity index (χ2n) is 3.81. The molecule has 1 aromatic rings. The molecule has 1 aromatic carbocycles. The maximum absolute atomic E-state index is 11.5. The van der Waals surface area contributed by atoms with Gasteiger partial charge in [-0.2, -0.15) is 0 Å². The molecule has 0 heterocycles. The normalized spacial score (nSPS) is 14.2. The van der Waals surface area contributed by atoms with Gasteiger partial charge in [-0.15, -0.1) is 0 Å². The fourth-order valence-electron chi connectivity index (χ4n) is 1.42. The van der Waals surface area contributed by atoms with E-state index in [1.54, 1.807) is 6.92 Å². The van der Waals surface area contributed by atoms with Crippen molar-refractivity contribution in [1.82, 2.24) is 5.32 Å². The van der Waals surface area contributed by atoms with Crippen molar-refractivity contribution in [2.75, 3.05) is 0 Å². The highest BCUT2D eigenvalue weighted by atomic mass is 79.9. The number of carbonyl (C=O) groups excluding carboxylic acids is 1. The topological polar surface area (TPSA) is 55.1 Å². The molecule has 0 bridgehead atoms. The summed E-state index contributed by atoms with van der Waals surface area (Å²) < 4.78 is 1.03. The van der Waals surface area contributed by atoms with Gasteiger partial charge >= 0.3 is 0 Å². The summed E-state index contributed by atoms with van der Waals surface area (Å²) in [5.74, 6) is -0.116. The van der Waals surface area contributed by atoms with Crippen LogP contribution in [0.3, 0.4) is 0 Å². The van der Waals surface area contributed by atoms with Gasteiger partial charge in [-0.1, -0.05) is 35.0 Å². The Morgan fingerprint density at radius 2 is 2.00 bits per heavy atom. The molecule has 88 valence electrons. The third kappa shape index (κ3) is 3.61. The van der Waals surface area contributed by atoms with Crippen LogP contribution in [0, 0.1) is 0 Å². The van der Waals surface area contributed by atoms with Gasteiger partial charge in [0.25, 0.3) is 0 Å². The molecule has 3 nitrogen and oxygen atoms in total. The van der Waals surface area contributed by atoms with Crippen molar-refractivity contribution in [2.45, 2.75) is 32.4 Å². The molecule has 1 unspecified atom stereocenters. The number of hydrogen-bond acceptors (Lipinski definition) is 2. The second-order valence-corrected chi connectivity index (χ2v) is 4.73. The molecule has 0 aliphatic heterocycles. The van der Waals surface area contributed by atoms with E-state index in [9.17, 15) is 4.79 Å². The van der Waals surface area contributed by atoms with Crippen LogP contribution in [0.4, 0.5) is 0 Å².